The number of methoxy groups -OCH3 is 1. The lowest BCUT2D eigenvalue weighted by Gasteiger charge is -2.17. The van der Waals surface area contributed by atoms with Crippen molar-refractivity contribution in [1.29, 1.82) is 0 Å². The molecule has 0 radical (unpaired) electrons. The van der Waals surface area contributed by atoms with Gasteiger partial charge < -0.3 is 4.74 Å². The third-order valence-corrected chi connectivity index (χ3v) is 6.63. The lowest BCUT2D eigenvalue weighted by atomic mass is 9.85. The summed E-state index contributed by atoms with van der Waals surface area (Å²) in [6, 6.07) is 12.3. The van der Waals surface area contributed by atoms with E-state index in [2.05, 4.69) is 15.7 Å². The monoisotopic (exact) mass is 448 g/mol. The standard InChI is InChI=1S/C23H20N4O4S/c1-31-17-10-5-11-18-19(17)24-23(32-18)25-20(28)13-6-4-7-14(12-13)26-27-21(29)15-8-2-3-9-16(15)22(27)30/h2-7,10-12,15-16,26H,8-9H2,1H3,(H,24,25,28)/t15-,16+. The molecular formula is C23H20N4O4S. The molecule has 1 saturated heterocycles. The van der Waals surface area contributed by atoms with Crippen molar-refractivity contribution in [2.75, 3.05) is 17.9 Å². The Morgan fingerprint density at radius 3 is 2.53 bits per heavy atom. The number of aromatic nitrogens is 1. The molecule has 3 amide bonds. The van der Waals surface area contributed by atoms with Gasteiger partial charge in [0.1, 0.15) is 11.3 Å². The first-order valence-electron chi connectivity index (χ1n) is 10.2. The van der Waals surface area contributed by atoms with Gasteiger partial charge in [0.25, 0.3) is 17.7 Å². The summed E-state index contributed by atoms with van der Waals surface area (Å²) in [5, 5.41) is 4.34. The number of amides is 3. The molecule has 8 nitrogen and oxygen atoms in total. The summed E-state index contributed by atoms with van der Waals surface area (Å²) in [5.74, 6) is -0.806. The maximum atomic E-state index is 12.8. The van der Waals surface area contributed by atoms with Crippen molar-refractivity contribution in [2.45, 2.75) is 12.8 Å². The molecule has 3 aromatic rings. The quantitative estimate of drug-likeness (QED) is 0.454. The van der Waals surface area contributed by atoms with Crippen LogP contribution in [0.15, 0.2) is 54.6 Å². The van der Waals surface area contributed by atoms with Gasteiger partial charge in [-0.2, -0.15) is 5.01 Å². The minimum absolute atomic E-state index is 0.234. The number of carbonyl (C=O) groups is 3. The fraction of sp³-hybridized carbons (Fsp3) is 0.217. The largest absolute Gasteiger partial charge is 0.494 e. The van der Waals surface area contributed by atoms with Crippen molar-refractivity contribution in [3.63, 3.8) is 0 Å². The van der Waals surface area contributed by atoms with Gasteiger partial charge in [-0.15, -0.1) is 0 Å². The number of fused-ring (bicyclic) bond motifs is 2. The van der Waals surface area contributed by atoms with E-state index in [1.54, 1.807) is 31.4 Å². The zero-order chi connectivity index (χ0) is 22.2. The summed E-state index contributed by atoms with van der Waals surface area (Å²) in [6.07, 6.45) is 5.03. The number of benzene rings is 2. The molecule has 1 fully saturated rings. The van der Waals surface area contributed by atoms with E-state index in [4.69, 9.17) is 4.74 Å². The minimum atomic E-state index is -0.344. The first kappa shape index (κ1) is 20.2. The Morgan fingerprint density at radius 2 is 1.81 bits per heavy atom. The van der Waals surface area contributed by atoms with Gasteiger partial charge in [-0.05, 0) is 43.2 Å². The van der Waals surface area contributed by atoms with Gasteiger partial charge >= 0.3 is 0 Å². The third-order valence-electron chi connectivity index (χ3n) is 5.70. The Balaban J connectivity index is 1.32. The summed E-state index contributed by atoms with van der Waals surface area (Å²) in [6.45, 7) is 0. The Bertz CT molecular complexity index is 1240. The van der Waals surface area contributed by atoms with E-state index in [0.29, 0.717) is 40.5 Å². The molecule has 2 aliphatic rings. The fourth-order valence-electron chi connectivity index (χ4n) is 4.08. The third kappa shape index (κ3) is 3.50. The van der Waals surface area contributed by atoms with Gasteiger partial charge in [0, 0.05) is 5.56 Å². The van der Waals surface area contributed by atoms with E-state index in [-0.39, 0.29) is 29.6 Å². The van der Waals surface area contributed by atoms with Crippen LogP contribution in [0, 0.1) is 11.8 Å². The zero-order valence-electron chi connectivity index (χ0n) is 17.2. The Hall–Kier alpha value is -3.72. The number of hydrogen-bond acceptors (Lipinski definition) is 7. The molecule has 2 N–H and O–H groups in total. The van der Waals surface area contributed by atoms with Crippen molar-refractivity contribution < 1.29 is 19.1 Å². The van der Waals surface area contributed by atoms with Crippen molar-refractivity contribution in [1.82, 2.24) is 9.99 Å². The van der Waals surface area contributed by atoms with Crippen LogP contribution in [0.2, 0.25) is 0 Å². The second-order valence-corrected chi connectivity index (χ2v) is 8.67. The van der Waals surface area contributed by atoms with Gasteiger partial charge in [-0.3, -0.25) is 25.1 Å². The van der Waals surface area contributed by atoms with E-state index < -0.39 is 0 Å². The van der Waals surface area contributed by atoms with Crippen LogP contribution in [0.3, 0.4) is 0 Å². The number of thiazole rings is 1. The highest BCUT2D eigenvalue weighted by Gasteiger charge is 2.47. The van der Waals surface area contributed by atoms with Gasteiger partial charge in [-0.1, -0.05) is 35.6 Å². The molecule has 0 unspecified atom stereocenters. The number of nitrogens with zero attached hydrogens (tertiary/aromatic N) is 2. The number of allylic oxidation sites excluding steroid dienone is 2. The number of ether oxygens (including phenoxy) is 1. The molecule has 0 bridgehead atoms. The maximum absolute atomic E-state index is 12.8. The molecule has 9 heteroatoms. The van der Waals surface area contributed by atoms with Crippen molar-refractivity contribution in [2.24, 2.45) is 11.8 Å². The predicted molar refractivity (Wildman–Crippen MR) is 121 cm³/mol. The van der Waals surface area contributed by atoms with Gasteiger partial charge in [-0.25, -0.2) is 4.98 Å². The number of rotatable bonds is 5. The van der Waals surface area contributed by atoms with Crippen molar-refractivity contribution >= 4 is 50.1 Å². The normalized spacial score (nSPS) is 19.8. The summed E-state index contributed by atoms with van der Waals surface area (Å²) in [4.78, 5) is 42.6. The molecule has 0 spiro atoms. The summed E-state index contributed by atoms with van der Waals surface area (Å²) in [5.41, 5.74) is 4.43. The number of hydrazine groups is 1. The smallest absolute Gasteiger partial charge is 0.257 e. The number of para-hydroxylation sites is 1. The Labute approximate surface area is 187 Å². The predicted octanol–water partition coefficient (Wildman–Crippen LogP) is 3.84. The van der Waals surface area contributed by atoms with Gasteiger partial charge in [0.2, 0.25) is 0 Å². The molecular weight excluding hydrogens is 428 g/mol. The van der Waals surface area contributed by atoms with Crippen LogP contribution in [-0.4, -0.2) is 34.8 Å². The first-order chi connectivity index (χ1) is 15.5. The molecule has 2 aromatic carbocycles. The molecule has 1 aromatic heterocycles. The van der Waals surface area contributed by atoms with Crippen LogP contribution in [0.1, 0.15) is 23.2 Å². The molecule has 162 valence electrons. The molecule has 5 rings (SSSR count). The lowest BCUT2D eigenvalue weighted by Crippen LogP contribution is -2.36. The second-order valence-electron chi connectivity index (χ2n) is 7.64. The zero-order valence-corrected chi connectivity index (χ0v) is 18.0. The summed E-state index contributed by atoms with van der Waals surface area (Å²) >= 11 is 1.35. The highest BCUT2D eigenvalue weighted by Crippen LogP contribution is 2.35. The Kier molecular flexibility index (Phi) is 5.10. The number of carbonyl (C=O) groups excluding carboxylic acids is 3. The summed E-state index contributed by atoms with van der Waals surface area (Å²) < 4.78 is 6.22. The van der Waals surface area contributed by atoms with E-state index in [0.717, 1.165) is 9.71 Å². The van der Waals surface area contributed by atoms with Crippen LogP contribution >= 0.6 is 11.3 Å². The van der Waals surface area contributed by atoms with Crippen LogP contribution in [0.25, 0.3) is 10.2 Å². The van der Waals surface area contributed by atoms with E-state index in [1.165, 1.54) is 11.3 Å². The first-order valence-corrected chi connectivity index (χ1v) is 11.0. The summed E-state index contributed by atoms with van der Waals surface area (Å²) in [7, 11) is 1.58. The topological polar surface area (TPSA) is 101 Å². The number of hydrogen-bond donors (Lipinski definition) is 2. The minimum Gasteiger partial charge on any atom is -0.494 e. The molecule has 1 aliphatic heterocycles. The number of nitrogens with one attached hydrogen (secondary N) is 2. The average molecular weight is 449 g/mol. The van der Waals surface area contributed by atoms with E-state index in [9.17, 15) is 14.4 Å². The van der Waals surface area contributed by atoms with Crippen molar-refractivity contribution in [3.8, 4) is 5.75 Å². The van der Waals surface area contributed by atoms with Crippen LogP contribution in [0.4, 0.5) is 10.8 Å². The van der Waals surface area contributed by atoms with Crippen LogP contribution in [-0.2, 0) is 9.59 Å². The average Bonchev–Trinajstić information content (AvgIpc) is 3.33. The molecule has 2 atom stereocenters. The van der Waals surface area contributed by atoms with Gasteiger partial charge in [0.05, 0.1) is 29.3 Å². The van der Waals surface area contributed by atoms with Crippen LogP contribution in [0.5, 0.6) is 5.75 Å². The fourth-order valence-corrected chi connectivity index (χ4v) is 4.96. The molecule has 1 aliphatic carbocycles. The highest BCUT2D eigenvalue weighted by molar-refractivity contribution is 7.22. The second kappa shape index (κ2) is 8.08. The Morgan fingerprint density at radius 1 is 1.09 bits per heavy atom. The van der Waals surface area contributed by atoms with Gasteiger partial charge in [0.15, 0.2) is 5.13 Å². The van der Waals surface area contributed by atoms with E-state index >= 15 is 0 Å². The van der Waals surface area contributed by atoms with E-state index in [1.807, 2.05) is 30.4 Å². The highest BCUT2D eigenvalue weighted by atomic mass is 32.1. The number of imide groups is 1. The number of anilines is 2. The molecule has 2 heterocycles. The van der Waals surface area contributed by atoms with Crippen molar-refractivity contribution in [3.05, 3.63) is 60.2 Å². The SMILES string of the molecule is COc1cccc2sc(NC(=O)c3cccc(NN4C(=O)[C@H]5CC=CC[C@H]5C4=O)c3)nc12. The molecule has 32 heavy (non-hydrogen) atoms. The molecule has 0 saturated carbocycles. The maximum Gasteiger partial charge on any atom is 0.257 e. The van der Waals surface area contributed by atoms with Crippen LogP contribution < -0.4 is 15.5 Å². The lowest BCUT2D eigenvalue weighted by molar-refractivity contribution is -0.138.